The maximum absolute atomic E-state index is 11.6. The molecule has 0 amide bonds. The van der Waals surface area contributed by atoms with Crippen molar-refractivity contribution in [3.05, 3.63) is 39.9 Å². The molecule has 0 radical (unpaired) electrons. The number of nitrogens with zero attached hydrogens (tertiary/aromatic N) is 1. The normalized spacial score (nSPS) is 13.4. The smallest absolute Gasteiger partial charge is 0.258 e. The molecule has 0 aliphatic rings. The SMILES string of the molecule is CC(I)S(=O)(=O)Cc1ccccc1[N+](=O)[O-]. The van der Waals surface area contributed by atoms with Gasteiger partial charge in [-0.2, -0.15) is 0 Å². The number of rotatable bonds is 4. The van der Waals surface area contributed by atoms with Crippen molar-refractivity contribution in [2.24, 2.45) is 0 Å². The van der Waals surface area contributed by atoms with E-state index in [-0.39, 0.29) is 17.0 Å². The fourth-order valence-corrected chi connectivity index (χ4v) is 2.59. The molecule has 1 rings (SSSR count). The first-order chi connectivity index (χ1) is 7.34. The van der Waals surface area contributed by atoms with Gasteiger partial charge in [-0.15, -0.1) is 0 Å². The van der Waals surface area contributed by atoms with Gasteiger partial charge < -0.3 is 0 Å². The maximum Gasteiger partial charge on any atom is 0.273 e. The first-order valence-electron chi connectivity index (χ1n) is 4.42. The highest BCUT2D eigenvalue weighted by molar-refractivity contribution is 14.1. The van der Waals surface area contributed by atoms with E-state index in [9.17, 15) is 18.5 Å². The molecule has 0 bridgehead atoms. The van der Waals surface area contributed by atoms with Gasteiger partial charge in [0.1, 0.15) is 3.26 Å². The van der Waals surface area contributed by atoms with Crippen LogP contribution in [0.4, 0.5) is 5.69 Å². The van der Waals surface area contributed by atoms with Crippen molar-refractivity contribution >= 4 is 38.1 Å². The van der Waals surface area contributed by atoms with E-state index < -0.39 is 18.0 Å². The standard InChI is InChI=1S/C9H10INO4S/c1-7(10)16(14,15)6-8-4-2-3-5-9(8)11(12)13/h2-5,7H,6H2,1H3. The second-order valence-electron chi connectivity index (χ2n) is 3.24. The van der Waals surface area contributed by atoms with E-state index >= 15 is 0 Å². The number of nitro benzene ring substituents is 1. The Balaban J connectivity index is 3.12. The molecule has 7 heteroatoms. The second kappa shape index (κ2) is 5.09. The van der Waals surface area contributed by atoms with Gasteiger partial charge in [0, 0.05) is 11.6 Å². The molecule has 1 aromatic rings. The van der Waals surface area contributed by atoms with E-state index in [0.717, 1.165) is 0 Å². The summed E-state index contributed by atoms with van der Waals surface area (Å²) < 4.78 is 22.7. The fraction of sp³-hybridized carbons (Fsp3) is 0.333. The van der Waals surface area contributed by atoms with E-state index in [1.807, 2.05) is 0 Å². The van der Waals surface area contributed by atoms with E-state index in [0.29, 0.717) is 0 Å². The molecule has 0 heterocycles. The van der Waals surface area contributed by atoms with Gasteiger partial charge in [0.2, 0.25) is 0 Å². The first kappa shape index (κ1) is 13.4. The summed E-state index contributed by atoms with van der Waals surface area (Å²) in [6.07, 6.45) is 0. The largest absolute Gasteiger partial charge is 0.273 e. The molecule has 16 heavy (non-hydrogen) atoms. The lowest BCUT2D eigenvalue weighted by molar-refractivity contribution is -0.385. The Morgan fingerprint density at radius 2 is 2.00 bits per heavy atom. The summed E-state index contributed by atoms with van der Waals surface area (Å²) in [6.45, 7) is 1.55. The third-order valence-electron chi connectivity index (χ3n) is 2.04. The van der Waals surface area contributed by atoms with Gasteiger partial charge in [0.25, 0.3) is 5.69 Å². The molecule has 0 aromatic heterocycles. The zero-order valence-electron chi connectivity index (χ0n) is 8.46. The van der Waals surface area contributed by atoms with Crippen LogP contribution in [0.3, 0.4) is 0 Å². The molecular weight excluding hydrogens is 345 g/mol. The molecular formula is C9H10INO4S. The van der Waals surface area contributed by atoms with Gasteiger partial charge in [-0.3, -0.25) is 10.1 Å². The summed E-state index contributed by atoms with van der Waals surface area (Å²) in [5.41, 5.74) is 0.0825. The Kier molecular flexibility index (Phi) is 4.25. The van der Waals surface area contributed by atoms with Crippen LogP contribution < -0.4 is 0 Å². The lowest BCUT2D eigenvalue weighted by Crippen LogP contribution is -2.14. The number of benzene rings is 1. The van der Waals surface area contributed by atoms with Crippen LogP contribution >= 0.6 is 22.6 Å². The Bertz CT molecular complexity index is 498. The molecule has 5 nitrogen and oxygen atoms in total. The van der Waals surface area contributed by atoms with Crippen molar-refractivity contribution in [1.82, 2.24) is 0 Å². The Morgan fingerprint density at radius 1 is 1.44 bits per heavy atom. The second-order valence-corrected chi connectivity index (χ2v) is 8.27. The lowest BCUT2D eigenvalue weighted by Gasteiger charge is -2.06. The monoisotopic (exact) mass is 355 g/mol. The predicted octanol–water partition coefficient (Wildman–Crippen LogP) is 2.29. The van der Waals surface area contributed by atoms with Crippen LogP contribution in [0, 0.1) is 10.1 Å². The molecule has 0 spiro atoms. The first-order valence-corrected chi connectivity index (χ1v) is 7.38. The number of halogens is 1. The average molecular weight is 355 g/mol. The Hall–Kier alpha value is -0.700. The maximum atomic E-state index is 11.6. The predicted molar refractivity (Wildman–Crippen MR) is 69.2 cm³/mol. The lowest BCUT2D eigenvalue weighted by atomic mass is 10.2. The Morgan fingerprint density at radius 3 is 2.50 bits per heavy atom. The van der Waals surface area contributed by atoms with Crippen LogP contribution in [-0.2, 0) is 15.6 Å². The van der Waals surface area contributed by atoms with Gasteiger partial charge >= 0.3 is 0 Å². The minimum atomic E-state index is -3.33. The summed E-state index contributed by atoms with van der Waals surface area (Å²) in [7, 11) is -3.33. The number of hydrogen-bond acceptors (Lipinski definition) is 4. The quantitative estimate of drug-likeness (QED) is 0.359. The summed E-state index contributed by atoms with van der Waals surface area (Å²) in [4.78, 5) is 10.1. The van der Waals surface area contributed by atoms with Crippen LogP contribution in [0.2, 0.25) is 0 Å². The highest BCUT2D eigenvalue weighted by Gasteiger charge is 2.23. The van der Waals surface area contributed by atoms with Crippen molar-refractivity contribution in [3.8, 4) is 0 Å². The van der Waals surface area contributed by atoms with E-state index in [1.54, 1.807) is 35.6 Å². The van der Waals surface area contributed by atoms with Crippen molar-refractivity contribution in [1.29, 1.82) is 0 Å². The van der Waals surface area contributed by atoms with E-state index in [1.165, 1.54) is 18.2 Å². The van der Waals surface area contributed by atoms with E-state index in [2.05, 4.69) is 0 Å². The minimum Gasteiger partial charge on any atom is -0.258 e. The molecule has 1 aromatic carbocycles. The number of para-hydroxylation sites is 1. The van der Waals surface area contributed by atoms with Crippen LogP contribution in [0.15, 0.2) is 24.3 Å². The molecule has 1 unspecified atom stereocenters. The van der Waals surface area contributed by atoms with Crippen LogP contribution in [-0.4, -0.2) is 16.6 Å². The third-order valence-corrected chi connectivity index (χ3v) is 6.07. The summed E-state index contributed by atoms with van der Waals surface area (Å²) >= 11 is 1.78. The Labute approximate surface area is 107 Å². The average Bonchev–Trinajstić information content (AvgIpc) is 2.17. The summed E-state index contributed by atoms with van der Waals surface area (Å²) in [5.74, 6) is -0.297. The molecule has 0 aliphatic carbocycles. The van der Waals surface area contributed by atoms with Crippen molar-refractivity contribution in [3.63, 3.8) is 0 Å². The number of alkyl halides is 1. The molecule has 1 atom stereocenters. The van der Waals surface area contributed by atoms with Gasteiger partial charge in [-0.1, -0.05) is 40.8 Å². The van der Waals surface area contributed by atoms with Crippen LogP contribution in [0.1, 0.15) is 12.5 Å². The van der Waals surface area contributed by atoms with Gasteiger partial charge in [-0.05, 0) is 6.92 Å². The molecule has 0 fully saturated rings. The van der Waals surface area contributed by atoms with Gasteiger partial charge in [0.05, 0.1) is 10.7 Å². The third kappa shape index (κ3) is 3.14. The minimum absolute atomic E-state index is 0.150. The number of sulfone groups is 1. The number of nitro groups is 1. The molecule has 0 N–H and O–H groups in total. The van der Waals surface area contributed by atoms with E-state index in [4.69, 9.17) is 0 Å². The van der Waals surface area contributed by atoms with Crippen molar-refractivity contribution in [2.75, 3.05) is 0 Å². The highest BCUT2D eigenvalue weighted by atomic mass is 127. The molecule has 0 saturated carbocycles. The van der Waals surface area contributed by atoms with Crippen LogP contribution in [0.5, 0.6) is 0 Å². The topological polar surface area (TPSA) is 77.3 Å². The van der Waals surface area contributed by atoms with Gasteiger partial charge in [-0.25, -0.2) is 8.42 Å². The van der Waals surface area contributed by atoms with Crippen molar-refractivity contribution in [2.45, 2.75) is 15.9 Å². The number of hydrogen-bond donors (Lipinski definition) is 0. The molecule has 0 aliphatic heterocycles. The molecule has 88 valence electrons. The summed E-state index contributed by atoms with van der Waals surface area (Å²) in [6, 6.07) is 5.88. The highest BCUT2D eigenvalue weighted by Crippen LogP contribution is 2.23. The fourth-order valence-electron chi connectivity index (χ4n) is 1.14. The van der Waals surface area contributed by atoms with Crippen molar-refractivity contribution < 1.29 is 13.3 Å². The molecule has 0 saturated heterocycles. The zero-order valence-corrected chi connectivity index (χ0v) is 11.4. The zero-order chi connectivity index (χ0) is 12.3. The summed E-state index contributed by atoms with van der Waals surface area (Å²) in [5, 5.41) is 10.7. The van der Waals surface area contributed by atoms with Crippen LogP contribution in [0.25, 0.3) is 0 Å². The van der Waals surface area contributed by atoms with Gasteiger partial charge in [0.15, 0.2) is 9.84 Å².